The van der Waals surface area contributed by atoms with E-state index in [1.165, 1.54) is 12.1 Å². The van der Waals surface area contributed by atoms with Crippen molar-refractivity contribution in [2.45, 2.75) is 44.8 Å². The minimum Gasteiger partial charge on any atom is -0.508 e. The van der Waals surface area contributed by atoms with Gasteiger partial charge < -0.3 is 20.5 Å². The molecule has 1 aromatic carbocycles. The second-order valence-electron chi connectivity index (χ2n) is 5.97. The van der Waals surface area contributed by atoms with Crippen molar-refractivity contribution in [2.24, 2.45) is 0 Å². The molecule has 122 valence electrons. The third kappa shape index (κ3) is 3.31. The second-order valence-corrected chi connectivity index (χ2v) is 5.97. The van der Waals surface area contributed by atoms with E-state index in [0.717, 1.165) is 31.2 Å². The van der Waals surface area contributed by atoms with Gasteiger partial charge in [0.05, 0.1) is 11.6 Å². The van der Waals surface area contributed by atoms with Crippen LogP contribution in [0.15, 0.2) is 35.5 Å². The Kier molecular flexibility index (Phi) is 4.23. The first kappa shape index (κ1) is 15.4. The number of benzene rings is 1. The molecule has 0 bridgehead atoms. The fraction of sp³-hybridized carbons (Fsp3) is 0.412. The monoisotopic (exact) mass is 316 g/mol. The summed E-state index contributed by atoms with van der Waals surface area (Å²) in [6.07, 6.45) is 3.89. The zero-order valence-corrected chi connectivity index (χ0v) is 13.0. The van der Waals surface area contributed by atoms with Gasteiger partial charge in [-0.05, 0) is 50.3 Å². The molecule has 1 aromatic rings. The molecule has 1 heterocycles. The lowest BCUT2D eigenvalue weighted by Crippen LogP contribution is -2.45. The molecule has 0 saturated heterocycles. The van der Waals surface area contributed by atoms with Gasteiger partial charge in [0.15, 0.2) is 0 Å². The zero-order chi connectivity index (χ0) is 16.4. The normalized spacial score (nSPS) is 21.8. The first-order valence-corrected chi connectivity index (χ1v) is 7.83. The van der Waals surface area contributed by atoms with E-state index in [-0.39, 0.29) is 17.9 Å². The highest BCUT2D eigenvalue weighted by atomic mass is 16.5. The van der Waals surface area contributed by atoms with E-state index in [4.69, 9.17) is 4.74 Å². The number of rotatable bonds is 3. The Morgan fingerprint density at radius 1 is 1.22 bits per heavy atom. The topological polar surface area (TPSA) is 87.7 Å². The number of carbonyl (C=O) groups is 2. The van der Waals surface area contributed by atoms with Crippen molar-refractivity contribution >= 4 is 12.0 Å². The summed E-state index contributed by atoms with van der Waals surface area (Å²) in [5.74, 6) is -0.273. The van der Waals surface area contributed by atoms with Crippen LogP contribution >= 0.6 is 0 Å². The number of nitrogens with one attached hydrogen (secondary N) is 2. The molecular weight excluding hydrogens is 296 g/mol. The maximum absolute atomic E-state index is 12.6. The Hall–Kier alpha value is -2.50. The van der Waals surface area contributed by atoms with E-state index in [9.17, 15) is 14.7 Å². The van der Waals surface area contributed by atoms with E-state index in [2.05, 4.69) is 10.6 Å². The standard InChI is InChI=1S/C17H20N2O4/c1-10-14(16(21)23-13-4-2-3-5-13)15(19-17(22)18-10)11-6-8-12(20)9-7-11/h6-9,13,15,20H,2-5H2,1H3,(H2,18,19,22)/t15-/m0/s1. The minimum atomic E-state index is -0.585. The van der Waals surface area contributed by atoms with Gasteiger partial charge in [-0.2, -0.15) is 0 Å². The largest absolute Gasteiger partial charge is 0.508 e. The second kappa shape index (κ2) is 6.32. The molecule has 6 nitrogen and oxygen atoms in total. The Morgan fingerprint density at radius 3 is 2.52 bits per heavy atom. The summed E-state index contributed by atoms with van der Waals surface area (Å²) in [7, 11) is 0. The highest BCUT2D eigenvalue weighted by molar-refractivity contribution is 5.95. The van der Waals surface area contributed by atoms with Gasteiger partial charge in [0.25, 0.3) is 0 Å². The molecule has 1 atom stereocenters. The molecule has 1 saturated carbocycles. The lowest BCUT2D eigenvalue weighted by Gasteiger charge is -2.28. The zero-order valence-electron chi connectivity index (χ0n) is 13.0. The first-order valence-electron chi connectivity index (χ1n) is 7.83. The third-order valence-electron chi connectivity index (χ3n) is 4.29. The summed E-state index contributed by atoms with van der Waals surface area (Å²) in [6.45, 7) is 1.69. The smallest absolute Gasteiger partial charge is 0.338 e. The molecule has 1 aliphatic carbocycles. The van der Waals surface area contributed by atoms with Crippen LogP contribution in [-0.4, -0.2) is 23.2 Å². The molecule has 0 aromatic heterocycles. The lowest BCUT2D eigenvalue weighted by molar-refractivity contribution is -0.144. The van der Waals surface area contributed by atoms with Gasteiger partial charge in [0.2, 0.25) is 0 Å². The minimum absolute atomic E-state index is 0.0408. The number of hydrogen-bond donors (Lipinski definition) is 3. The average molecular weight is 316 g/mol. The number of phenols is 1. The number of hydrogen-bond acceptors (Lipinski definition) is 4. The summed E-state index contributed by atoms with van der Waals surface area (Å²) in [5, 5.41) is 14.8. The van der Waals surface area contributed by atoms with Crippen LogP contribution in [0.4, 0.5) is 4.79 Å². The quantitative estimate of drug-likeness (QED) is 0.748. The Balaban J connectivity index is 1.88. The summed E-state index contributed by atoms with van der Waals surface area (Å²) in [5.41, 5.74) is 1.62. The van der Waals surface area contributed by atoms with E-state index in [1.54, 1.807) is 19.1 Å². The van der Waals surface area contributed by atoms with Gasteiger partial charge in [-0.3, -0.25) is 0 Å². The van der Waals surface area contributed by atoms with Gasteiger partial charge in [0.1, 0.15) is 11.9 Å². The number of amides is 2. The van der Waals surface area contributed by atoms with Crippen molar-refractivity contribution in [1.29, 1.82) is 0 Å². The average Bonchev–Trinajstić information content (AvgIpc) is 3.00. The summed E-state index contributed by atoms with van der Waals surface area (Å²) in [6, 6.07) is 5.47. The van der Waals surface area contributed by atoms with Crippen LogP contribution in [0.1, 0.15) is 44.2 Å². The van der Waals surface area contributed by atoms with Gasteiger partial charge in [0, 0.05) is 5.70 Å². The maximum Gasteiger partial charge on any atom is 0.338 e. The first-order chi connectivity index (χ1) is 11.0. The highest BCUT2D eigenvalue weighted by Crippen LogP contribution is 2.30. The molecule has 0 unspecified atom stereocenters. The van der Waals surface area contributed by atoms with Crippen LogP contribution in [0.25, 0.3) is 0 Å². The number of aromatic hydroxyl groups is 1. The fourth-order valence-electron chi connectivity index (χ4n) is 3.10. The van der Waals surface area contributed by atoms with E-state index >= 15 is 0 Å². The summed E-state index contributed by atoms with van der Waals surface area (Å²) >= 11 is 0. The van der Waals surface area contributed by atoms with Crippen LogP contribution in [0, 0.1) is 0 Å². The molecule has 2 aliphatic rings. The number of ether oxygens (including phenoxy) is 1. The predicted octanol–water partition coefficient (Wildman–Crippen LogP) is 2.51. The molecular formula is C17H20N2O4. The van der Waals surface area contributed by atoms with Crippen molar-refractivity contribution in [3.8, 4) is 5.75 Å². The van der Waals surface area contributed by atoms with Crippen molar-refractivity contribution in [2.75, 3.05) is 0 Å². The molecule has 0 radical (unpaired) electrons. The van der Waals surface area contributed by atoms with Crippen LogP contribution in [0.2, 0.25) is 0 Å². The number of allylic oxidation sites excluding steroid dienone is 1. The number of carbonyl (C=O) groups excluding carboxylic acids is 2. The van der Waals surface area contributed by atoms with Gasteiger partial charge in [-0.1, -0.05) is 12.1 Å². The van der Waals surface area contributed by atoms with Crippen LogP contribution in [0.5, 0.6) is 5.75 Å². The maximum atomic E-state index is 12.6. The van der Waals surface area contributed by atoms with Crippen molar-refractivity contribution in [3.63, 3.8) is 0 Å². The van der Waals surface area contributed by atoms with Crippen LogP contribution in [-0.2, 0) is 9.53 Å². The van der Waals surface area contributed by atoms with Gasteiger partial charge >= 0.3 is 12.0 Å². The van der Waals surface area contributed by atoms with Crippen LogP contribution in [0.3, 0.4) is 0 Å². The Bertz CT molecular complexity index is 645. The number of phenolic OH excluding ortho intramolecular Hbond substituents is 1. The molecule has 2 amide bonds. The van der Waals surface area contributed by atoms with E-state index in [1.807, 2.05) is 0 Å². The predicted molar refractivity (Wildman–Crippen MR) is 83.6 cm³/mol. The molecule has 23 heavy (non-hydrogen) atoms. The van der Waals surface area contributed by atoms with Crippen molar-refractivity contribution in [3.05, 3.63) is 41.1 Å². The van der Waals surface area contributed by atoms with E-state index in [0.29, 0.717) is 11.3 Å². The molecule has 1 aliphatic heterocycles. The Labute approximate surface area is 134 Å². The molecule has 1 fully saturated rings. The van der Waals surface area contributed by atoms with Crippen LogP contribution < -0.4 is 10.6 Å². The van der Waals surface area contributed by atoms with Gasteiger partial charge in [-0.15, -0.1) is 0 Å². The summed E-state index contributed by atoms with van der Waals surface area (Å²) < 4.78 is 5.59. The fourth-order valence-corrected chi connectivity index (χ4v) is 3.10. The van der Waals surface area contributed by atoms with E-state index < -0.39 is 12.0 Å². The lowest BCUT2D eigenvalue weighted by atomic mass is 9.95. The molecule has 3 rings (SSSR count). The van der Waals surface area contributed by atoms with Crippen molar-refractivity contribution in [1.82, 2.24) is 10.6 Å². The SMILES string of the molecule is CC1=C(C(=O)OC2CCCC2)[C@H](c2ccc(O)cc2)NC(=O)N1. The number of urea groups is 1. The third-order valence-corrected chi connectivity index (χ3v) is 4.29. The number of esters is 1. The van der Waals surface area contributed by atoms with Crippen molar-refractivity contribution < 1.29 is 19.4 Å². The molecule has 3 N–H and O–H groups in total. The molecule has 0 spiro atoms. The molecule has 6 heteroatoms. The summed E-state index contributed by atoms with van der Waals surface area (Å²) in [4.78, 5) is 24.4. The van der Waals surface area contributed by atoms with Gasteiger partial charge in [-0.25, -0.2) is 9.59 Å². The highest BCUT2D eigenvalue weighted by Gasteiger charge is 2.33. The Morgan fingerprint density at radius 2 is 1.87 bits per heavy atom.